The van der Waals surface area contributed by atoms with Gasteiger partial charge in [0.2, 0.25) is 41.0 Å². The number of aliphatic imine (C=N–C) groups is 1. The molecular formula is C87H127N17O5. The lowest BCUT2D eigenvalue weighted by atomic mass is 10.0. The molecule has 0 saturated carbocycles. The highest BCUT2D eigenvalue weighted by atomic mass is 16.5. The third kappa shape index (κ3) is 25.7. The molecule has 4 aliphatic heterocycles. The average molecular weight is 1490 g/mol. The summed E-state index contributed by atoms with van der Waals surface area (Å²) in [5.41, 5.74) is 26.9. The number of nitrogens with two attached hydrogens (primary N) is 3. The molecule has 109 heavy (non-hydrogen) atoms. The van der Waals surface area contributed by atoms with Gasteiger partial charge in [0.15, 0.2) is 5.96 Å². The summed E-state index contributed by atoms with van der Waals surface area (Å²) in [5, 5.41) is 34.7. The molecule has 5 atom stereocenters. The van der Waals surface area contributed by atoms with Gasteiger partial charge in [0.05, 0.1) is 23.6 Å². The Bertz CT molecular complexity index is 3960. The van der Waals surface area contributed by atoms with E-state index in [1.165, 1.54) is 176 Å². The Kier molecular flexibility index (Phi) is 34.7. The predicted octanol–water partition coefficient (Wildman–Crippen LogP) is 19.0. The van der Waals surface area contributed by atoms with E-state index in [4.69, 9.17) is 40.7 Å². The van der Waals surface area contributed by atoms with E-state index in [2.05, 4.69) is 176 Å². The fourth-order valence-corrected chi connectivity index (χ4v) is 14.7. The quantitative estimate of drug-likeness (QED) is 0.0136. The number of likely N-dealkylation sites (tertiary alicyclic amines) is 4. The summed E-state index contributed by atoms with van der Waals surface area (Å²) in [4.78, 5) is 30.2. The lowest BCUT2D eigenvalue weighted by molar-refractivity contribution is 0.102. The van der Waals surface area contributed by atoms with Crippen molar-refractivity contribution < 1.29 is 23.2 Å². The van der Waals surface area contributed by atoms with Crippen molar-refractivity contribution in [2.24, 2.45) is 22.2 Å². The van der Waals surface area contributed by atoms with Crippen molar-refractivity contribution in [2.45, 2.75) is 283 Å². The first kappa shape index (κ1) is 83.9. The van der Waals surface area contributed by atoms with Crippen molar-refractivity contribution in [3.05, 3.63) is 168 Å². The number of unbranched alkanes of at least 4 members (excludes halogenated alkanes) is 20. The maximum Gasteiger partial charge on any atom is 0.252 e. The number of rotatable bonds is 39. The predicted molar refractivity (Wildman–Crippen MR) is 436 cm³/mol. The number of aromatic nitrogens is 8. The number of nitrogens with zero attached hydrogens (tertiary/aromatic N) is 13. The molecule has 8 N–H and O–H groups in total. The summed E-state index contributed by atoms with van der Waals surface area (Å²) >= 11 is 0. The summed E-state index contributed by atoms with van der Waals surface area (Å²) in [6.07, 6.45) is 41.1. The number of aliphatic hydroxyl groups excluding tert-OH is 1. The second kappa shape index (κ2) is 45.1. The second-order valence-electron chi connectivity index (χ2n) is 30.1. The molecule has 4 saturated heterocycles. The Labute approximate surface area is 649 Å². The number of guanidine groups is 1. The smallest absolute Gasteiger partial charge is 0.252 e. The molecule has 22 heteroatoms. The fourth-order valence-electron chi connectivity index (χ4n) is 14.7. The van der Waals surface area contributed by atoms with Crippen LogP contribution in [0, 0.1) is 5.41 Å². The van der Waals surface area contributed by atoms with Crippen LogP contribution in [0.2, 0.25) is 0 Å². The zero-order valence-corrected chi connectivity index (χ0v) is 66.5. The lowest BCUT2D eigenvalue weighted by Crippen LogP contribution is -2.48. The van der Waals surface area contributed by atoms with Gasteiger partial charge in [0.1, 0.15) is 18.1 Å². The molecule has 590 valence electrons. The first-order chi connectivity index (χ1) is 53.2. The molecular weight excluding hydrogens is 1360 g/mol. The molecule has 22 nitrogen and oxygen atoms in total. The highest BCUT2D eigenvalue weighted by Crippen LogP contribution is 2.37. The van der Waals surface area contributed by atoms with Crippen LogP contribution < -0.4 is 17.2 Å². The van der Waals surface area contributed by atoms with E-state index in [0.717, 1.165) is 99.7 Å². The standard InChI is InChI=1S/C23H34N4O.C22H32N4O2.C21H31N5O.C21H30N4O/c1-3-4-5-6-7-8-10-19-12-14-20(15-13-19)23-25-22(28-26-23)17-21-11-9-16-27(21)18(2)24;1-3-4-5-6-7-8-9-17-10-12-18(13-11-17)21-24-22(28-25-21)20-19(27)14-15-26(20)16(2)23;1-3-4-5-6-7-8-9-16-10-12-17(13-11-16)19-24-20(27-25-19)18-14-15-26(18)21(22)23-2;1-3-4-5-6-7-8-9-17-10-12-18(13-11-17)20-23-21(26-24-20)19-14-15-25(19)16(2)22/h12-15,21,24H,3-11,16-17H2,1-2H3;10-13,19-20,27H,2-9,14-15,23H2,1H3;10-13,18H,3-9,14-15H2,1-2H3,(H2,22,23);10-13,19H,2-9,14-15,22H2,1H3/t21-;19-,20-;;/m00../s1. The molecule has 4 aromatic carbocycles. The number of aliphatic hydroxyl groups is 1. The lowest BCUT2D eigenvalue weighted by Gasteiger charge is -2.39. The molecule has 4 aliphatic rings. The van der Waals surface area contributed by atoms with Gasteiger partial charge in [-0.15, -0.1) is 0 Å². The molecule has 4 aromatic heterocycles. The van der Waals surface area contributed by atoms with Crippen molar-refractivity contribution in [1.82, 2.24) is 60.2 Å². The molecule has 0 amide bonds. The van der Waals surface area contributed by atoms with Crippen LogP contribution in [-0.2, 0) is 32.1 Å². The topological polar surface area (TPSA) is 303 Å². The Balaban J connectivity index is 0.000000168. The zero-order chi connectivity index (χ0) is 77.1. The summed E-state index contributed by atoms with van der Waals surface area (Å²) in [6.45, 7) is 21.8. The molecule has 8 aromatic rings. The molecule has 0 aliphatic carbocycles. The van der Waals surface area contributed by atoms with Crippen LogP contribution in [0.1, 0.15) is 285 Å². The first-order valence-electron chi connectivity index (χ1n) is 41.3. The molecule has 2 unspecified atom stereocenters. The van der Waals surface area contributed by atoms with E-state index in [-0.39, 0.29) is 12.1 Å². The van der Waals surface area contributed by atoms with Crippen LogP contribution in [0.3, 0.4) is 0 Å². The van der Waals surface area contributed by atoms with Crippen LogP contribution >= 0.6 is 0 Å². The Morgan fingerprint density at radius 2 is 0.771 bits per heavy atom. The minimum atomic E-state index is -0.590. The summed E-state index contributed by atoms with van der Waals surface area (Å²) in [7, 11) is 1.69. The monoisotopic (exact) mass is 1490 g/mol. The Morgan fingerprint density at radius 1 is 0.431 bits per heavy atom. The van der Waals surface area contributed by atoms with Gasteiger partial charge < -0.3 is 60.0 Å². The van der Waals surface area contributed by atoms with E-state index in [1.807, 2.05) is 33.8 Å². The number of aryl methyl sites for hydroxylation is 4. The third-order valence-electron chi connectivity index (χ3n) is 21.6. The maximum absolute atomic E-state index is 10.3. The number of hydrogen-bond donors (Lipinski definition) is 5. The Morgan fingerprint density at radius 3 is 1.13 bits per heavy atom. The molecule has 0 radical (unpaired) electrons. The van der Waals surface area contributed by atoms with Gasteiger partial charge >= 0.3 is 0 Å². The summed E-state index contributed by atoms with van der Waals surface area (Å²) in [6, 6.07) is 34.0. The van der Waals surface area contributed by atoms with E-state index in [0.29, 0.717) is 89.3 Å². The summed E-state index contributed by atoms with van der Waals surface area (Å²) < 4.78 is 21.9. The van der Waals surface area contributed by atoms with E-state index < -0.39 is 12.1 Å². The molecule has 4 fully saturated rings. The third-order valence-corrected chi connectivity index (χ3v) is 21.6. The van der Waals surface area contributed by atoms with Gasteiger partial charge in [-0.2, -0.15) is 19.9 Å². The first-order valence-corrected chi connectivity index (χ1v) is 41.3. The van der Waals surface area contributed by atoms with Gasteiger partial charge in [-0.3, -0.25) is 10.4 Å². The van der Waals surface area contributed by atoms with Crippen molar-refractivity contribution in [2.75, 3.05) is 33.2 Å². The van der Waals surface area contributed by atoms with Crippen molar-refractivity contribution in [3.63, 3.8) is 0 Å². The van der Waals surface area contributed by atoms with Crippen molar-refractivity contribution in [1.29, 1.82) is 5.41 Å². The molecule has 0 spiro atoms. The van der Waals surface area contributed by atoms with Gasteiger partial charge in [0.25, 0.3) is 5.89 Å². The zero-order valence-electron chi connectivity index (χ0n) is 66.5. The maximum atomic E-state index is 10.3. The molecule has 12 rings (SSSR count). The van der Waals surface area contributed by atoms with Crippen molar-refractivity contribution >= 4 is 11.8 Å². The van der Waals surface area contributed by atoms with Crippen LogP contribution in [0.25, 0.3) is 45.6 Å². The van der Waals surface area contributed by atoms with Crippen LogP contribution in [0.5, 0.6) is 0 Å². The van der Waals surface area contributed by atoms with E-state index >= 15 is 0 Å². The number of amidine groups is 1. The molecule has 0 bridgehead atoms. The second-order valence-corrected chi connectivity index (χ2v) is 30.1. The number of benzene rings is 4. The summed E-state index contributed by atoms with van der Waals surface area (Å²) in [5.74, 6) is 6.85. The van der Waals surface area contributed by atoms with E-state index in [9.17, 15) is 5.11 Å². The van der Waals surface area contributed by atoms with Crippen LogP contribution in [0.15, 0.2) is 145 Å². The van der Waals surface area contributed by atoms with Gasteiger partial charge in [-0.05, 0) is 113 Å². The Hall–Kier alpha value is -9.18. The highest BCUT2D eigenvalue weighted by molar-refractivity contribution is 5.79. The highest BCUT2D eigenvalue weighted by Gasteiger charge is 2.39. The van der Waals surface area contributed by atoms with Crippen LogP contribution in [0.4, 0.5) is 0 Å². The fraction of sp³-hybridized carbons (Fsp3) is 0.563. The van der Waals surface area contributed by atoms with Crippen molar-refractivity contribution in [3.8, 4) is 45.6 Å². The minimum absolute atomic E-state index is 0.0435. The normalized spacial score (nSPS) is 17.4. The van der Waals surface area contributed by atoms with Crippen LogP contribution in [-0.4, -0.2) is 122 Å². The van der Waals surface area contributed by atoms with E-state index in [1.54, 1.807) is 7.05 Å². The SMILES string of the molecule is C=C(N)N1CCC1c1nc(-c2ccc(CCCCCCCC)cc2)no1.C=C(N)N1CC[C@H](O)[C@H]1c1nc(-c2ccc(CCCCCCCC)cc2)no1.CCCCCCCCc1ccc(-c2noc(C3CCN3C(N)=NC)n2)cc1.CCCCCCCCc1ccc(-c2noc(C[C@@H]3CCCN3C(C)=N)n2)cc1. The number of nitrogens with one attached hydrogen (secondary N) is 1. The van der Waals surface area contributed by atoms with Gasteiger partial charge in [-0.1, -0.05) is 287 Å². The minimum Gasteiger partial charge on any atom is -0.390 e. The average Bonchev–Trinajstić information content (AvgIpc) is 1.62. The number of hydrogen-bond acceptors (Lipinski definition) is 19. The van der Waals surface area contributed by atoms with Gasteiger partial charge in [-0.25, -0.2) is 0 Å². The van der Waals surface area contributed by atoms with Gasteiger partial charge in [0, 0.05) is 67.9 Å². The molecule has 8 heterocycles. The largest absolute Gasteiger partial charge is 0.390 e.